The van der Waals surface area contributed by atoms with Gasteiger partial charge in [-0.2, -0.15) is 5.10 Å². The minimum Gasteiger partial charge on any atom is -0.382 e. The second kappa shape index (κ2) is 4.08. The first-order chi connectivity index (χ1) is 7.25. The smallest absolute Gasteiger partial charge is 0.145 e. The summed E-state index contributed by atoms with van der Waals surface area (Å²) in [5, 5.41) is 4.17. The number of hydrogen-bond donors (Lipinski definition) is 1. The largest absolute Gasteiger partial charge is 0.382 e. The molecule has 5 nitrogen and oxygen atoms in total. The Bertz CT molecular complexity index is 434. The predicted octanol–water partition coefficient (Wildman–Crippen LogP) is 0.806. The van der Waals surface area contributed by atoms with Gasteiger partial charge in [0.2, 0.25) is 0 Å². The summed E-state index contributed by atoms with van der Waals surface area (Å²) in [6.07, 6.45) is 5.94. The third-order valence-electron chi connectivity index (χ3n) is 2.20. The zero-order chi connectivity index (χ0) is 10.7. The number of nitrogens with zero attached hydrogens (tertiary/aromatic N) is 4. The molecule has 2 rings (SSSR count). The van der Waals surface area contributed by atoms with E-state index >= 15 is 0 Å². The highest BCUT2D eigenvalue weighted by atomic mass is 15.3. The molecule has 2 heterocycles. The average molecular weight is 203 g/mol. The molecule has 2 aromatic rings. The lowest BCUT2D eigenvalue weighted by molar-refractivity contribution is 0.594. The Kier molecular flexibility index (Phi) is 2.62. The summed E-state index contributed by atoms with van der Waals surface area (Å²) in [6, 6.07) is 1.86. The second-order valence-electron chi connectivity index (χ2n) is 3.38. The van der Waals surface area contributed by atoms with Gasteiger partial charge in [0.15, 0.2) is 0 Å². The van der Waals surface area contributed by atoms with Crippen molar-refractivity contribution in [2.75, 3.05) is 5.73 Å². The average Bonchev–Trinajstić information content (AvgIpc) is 2.56. The fourth-order valence-electron chi connectivity index (χ4n) is 1.44. The molecule has 2 N–H and O–H groups in total. The molecule has 78 valence electrons. The number of aryl methyl sites for hydroxylation is 3. The molecule has 0 aliphatic rings. The zero-order valence-corrected chi connectivity index (χ0v) is 8.59. The first-order valence-corrected chi connectivity index (χ1v) is 4.80. The quantitative estimate of drug-likeness (QED) is 0.801. The van der Waals surface area contributed by atoms with Gasteiger partial charge in [0.25, 0.3) is 0 Å². The molecule has 0 saturated carbocycles. The number of rotatable bonds is 3. The minimum absolute atomic E-state index is 0.562. The first-order valence-electron chi connectivity index (χ1n) is 4.80. The number of anilines is 1. The highest BCUT2D eigenvalue weighted by Gasteiger charge is 2.01. The van der Waals surface area contributed by atoms with Gasteiger partial charge in [-0.25, -0.2) is 0 Å². The van der Waals surface area contributed by atoms with Crippen LogP contribution < -0.4 is 5.73 Å². The van der Waals surface area contributed by atoms with Gasteiger partial charge in [0.05, 0.1) is 5.69 Å². The Morgan fingerprint density at radius 1 is 1.40 bits per heavy atom. The van der Waals surface area contributed by atoms with Crippen LogP contribution in [0.4, 0.5) is 5.82 Å². The third kappa shape index (κ3) is 2.31. The summed E-state index contributed by atoms with van der Waals surface area (Å²) in [5.74, 6) is 0.562. The van der Waals surface area contributed by atoms with E-state index in [1.54, 1.807) is 18.6 Å². The number of nitrogen functional groups attached to an aromatic ring is 1. The molecule has 0 saturated heterocycles. The molecule has 0 bridgehead atoms. The molecule has 0 spiro atoms. The maximum atomic E-state index is 5.59. The maximum Gasteiger partial charge on any atom is 0.145 e. The zero-order valence-electron chi connectivity index (χ0n) is 8.59. The van der Waals surface area contributed by atoms with Crippen molar-refractivity contribution in [2.24, 2.45) is 0 Å². The standard InChI is InChI=1S/C10H13N5/c1-8-6-10(11)14-15(8)5-2-9-7-12-3-4-13-9/h3-4,6-7H,2,5H2,1H3,(H2,11,14). The molecular weight excluding hydrogens is 190 g/mol. The topological polar surface area (TPSA) is 69.6 Å². The van der Waals surface area contributed by atoms with Gasteiger partial charge in [0.1, 0.15) is 5.82 Å². The van der Waals surface area contributed by atoms with Gasteiger partial charge < -0.3 is 5.73 Å². The van der Waals surface area contributed by atoms with Crippen molar-refractivity contribution in [1.29, 1.82) is 0 Å². The van der Waals surface area contributed by atoms with Crippen LogP contribution in [0.3, 0.4) is 0 Å². The molecule has 0 aromatic carbocycles. The molecule has 0 aliphatic carbocycles. The van der Waals surface area contributed by atoms with E-state index in [1.165, 1.54) is 0 Å². The van der Waals surface area contributed by atoms with Crippen molar-refractivity contribution >= 4 is 5.82 Å². The number of aromatic nitrogens is 4. The molecule has 0 fully saturated rings. The molecule has 0 aliphatic heterocycles. The van der Waals surface area contributed by atoms with Crippen LogP contribution in [0.2, 0.25) is 0 Å². The van der Waals surface area contributed by atoms with Gasteiger partial charge in [-0.05, 0) is 6.92 Å². The van der Waals surface area contributed by atoms with Crippen LogP contribution in [0.25, 0.3) is 0 Å². The summed E-state index contributed by atoms with van der Waals surface area (Å²) in [6.45, 7) is 2.77. The van der Waals surface area contributed by atoms with Crippen LogP contribution in [0.5, 0.6) is 0 Å². The van der Waals surface area contributed by atoms with E-state index in [4.69, 9.17) is 5.73 Å². The Labute approximate surface area is 88.0 Å². The summed E-state index contributed by atoms with van der Waals surface area (Å²) in [7, 11) is 0. The van der Waals surface area contributed by atoms with Gasteiger partial charge >= 0.3 is 0 Å². The van der Waals surface area contributed by atoms with Crippen molar-refractivity contribution in [3.05, 3.63) is 36.0 Å². The monoisotopic (exact) mass is 203 g/mol. The molecule has 2 aromatic heterocycles. The van der Waals surface area contributed by atoms with Crippen molar-refractivity contribution in [2.45, 2.75) is 19.9 Å². The van der Waals surface area contributed by atoms with Crippen molar-refractivity contribution in [3.63, 3.8) is 0 Å². The molecular formula is C10H13N5. The van der Waals surface area contributed by atoms with E-state index in [0.717, 1.165) is 24.4 Å². The number of hydrogen-bond acceptors (Lipinski definition) is 4. The maximum absolute atomic E-state index is 5.59. The molecule has 0 atom stereocenters. The molecule has 5 heteroatoms. The van der Waals surface area contributed by atoms with Crippen LogP contribution in [0, 0.1) is 6.92 Å². The van der Waals surface area contributed by atoms with Crippen LogP contribution in [-0.2, 0) is 13.0 Å². The van der Waals surface area contributed by atoms with Crippen LogP contribution in [-0.4, -0.2) is 19.7 Å². The summed E-state index contributed by atoms with van der Waals surface area (Å²) in [5.41, 5.74) is 7.62. The van der Waals surface area contributed by atoms with Crippen LogP contribution >= 0.6 is 0 Å². The van der Waals surface area contributed by atoms with Gasteiger partial charge in [-0.15, -0.1) is 0 Å². The Morgan fingerprint density at radius 3 is 2.87 bits per heavy atom. The normalized spacial score (nSPS) is 10.5. The molecule has 0 unspecified atom stereocenters. The highest BCUT2D eigenvalue weighted by molar-refractivity contribution is 5.28. The van der Waals surface area contributed by atoms with E-state index in [0.29, 0.717) is 5.82 Å². The lowest BCUT2D eigenvalue weighted by Crippen LogP contribution is -2.06. The summed E-state index contributed by atoms with van der Waals surface area (Å²) < 4.78 is 1.88. The molecule has 0 radical (unpaired) electrons. The van der Waals surface area contributed by atoms with Gasteiger partial charge in [-0.1, -0.05) is 0 Å². The summed E-state index contributed by atoms with van der Waals surface area (Å²) in [4.78, 5) is 8.20. The van der Waals surface area contributed by atoms with Crippen LogP contribution in [0.1, 0.15) is 11.4 Å². The fraction of sp³-hybridized carbons (Fsp3) is 0.300. The lowest BCUT2D eigenvalue weighted by atomic mass is 10.3. The van der Waals surface area contributed by atoms with E-state index in [1.807, 2.05) is 17.7 Å². The van der Waals surface area contributed by atoms with Crippen molar-refractivity contribution in [1.82, 2.24) is 19.7 Å². The van der Waals surface area contributed by atoms with E-state index < -0.39 is 0 Å². The van der Waals surface area contributed by atoms with E-state index in [2.05, 4.69) is 15.1 Å². The molecule has 15 heavy (non-hydrogen) atoms. The number of nitrogens with two attached hydrogens (primary N) is 1. The Balaban J connectivity index is 2.02. The van der Waals surface area contributed by atoms with Crippen LogP contribution in [0.15, 0.2) is 24.7 Å². The SMILES string of the molecule is Cc1cc(N)nn1CCc1cnccn1. The lowest BCUT2D eigenvalue weighted by Gasteiger charge is -2.02. The fourth-order valence-corrected chi connectivity index (χ4v) is 1.44. The van der Waals surface area contributed by atoms with E-state index in [9.17, 15) is 0 Å². The second-order valence-corrected chi connectivity index (χ2v) is 3.38. The Morgan fingerprint density at radius 2 is 2.27 bits per heavy atom. The molecule has 0 amide bonds. The first kappa shape index (κ1) is 9.64. The van der Waals surface area contributed by atoms with Crippen molar-refractivity contribution < 1.29 is 0 Å². The predicted molar refractivity (Wildman–Crippen MR) is 57.1 cm³/mol. The highest BCUT2D eigenvalue weighted by Crippen LogP contribution is 2.05. The van der Waals surface area contributed by atoms with E-state index in [-0.39, 0.29) is 0 Å². The van der Waals surface area contributed by atoms with Gasteiger partial charge in [-0.3, -0.25) is 14.6 Å². The Hall–Kier alpha value is -1.91. The van der Waals surface area contributed by atoms with Gasteiger partial charge in [0, 0.05) is 43.3 Å². The summed E-state index contributed by atoms with van der Waals surface area (Å²) >= 11 is 0. The van der Waals surface area contributed by atoms with Crippen molar-refractivity contribution in [3.8, 4) is 0 Å². The third-order valence-corrected chi connectivity index (χ3v) is 2.20. The minimum atomic E-state index is 0.562.